The maximum absolute atomic E-state index is 12.2. The Labute approximate surface area is 162 Å². The Balaban J connectivity index is 1.94. The standard InChI is InChI=1S/C17H15F5N2O4S/c18-16(19)28-13-5-1-11(2-6-13)9-15(25)24-12-3-7-14(8-4-12)29(26,27)23-10-17(20,21)22/h1-8,16,23H,9-10H2,(H,24,25). The molecule has 2 aromatic carbocycles. The summed E-state index contributed by atoms with van der Waals surface area (Å²) in [5.41, 5.74) is 0.738. The lowest BCUT2D eigenvalue weighted by molar-refractivity contribution is -0.121. The fourth-order valence-electron chi connectivity index (χ4n) is 2.16. The molecule has 0 unspecified atom stereocenters. The van der Waals surface area contributed by atoms with Gasteiger partial charge in [-0.05, 0) is 42.0 Å². The van der Waals surface area contributed by atoms with E-state index >= 15 is 0 Å². The van der Waals surface area contributed by atoms with E-state index in [1.54, 1.807) is 0 Å². The average Bonchev–Trinajstić information content (AvgIpc) is 2.61. The molecule has 0 fully saturated rings. The molecule has 0 heterocycles. The zero-order chi connectivity index (χ0) is 21.7. The van der Waals surface area contributed by atoms with Crippen LogP contribution in [0.1, 0.15) is 5.56 Å². The van der Waals surface area contributed by atoms with Crippen molar-refractivity contribution in [2.24, 2.45) is 0 Å². The summed E-state index contributed by atoms with van der Waals surface area (Å²) in [4.78, 5) is 11.6. The van der Waals surface area contributed by atoms with Gasteiger partial charge in [0, 0.05) is 5.69 Å². The summed E-state index contributed by atoms with van der Waals surface area (Å²) in [5.74, 6) is -0.529. The van der Waals surface area contributed by atoms with E-state index in [9.17, 15) is 35.2 Å². The van der Waals surface area contributed by atoms with Gasteiger partial charge in [-0.15, -0.1) is 0 Å². The van der Waals surface area contributed by atoms with E-state index in [2.05, 4.69) is 10.1 Å². The molecule has 0 spiro atoms. The predicted molar refractivity (Wildman–Crippen MR) is 93.1 cm³/mol. The van der Waals surface area contributed by atoms with Gasteiger partial charge < -0.3 is 10.1 Å². The lowest BCUT2D eigenvalue weighted by Gasteiger charge is -2.10. The minimum Gasteiger partial charge on any atom is -0.435 e. The van der Waals surface area contributed by atoms with Crippen LogP contribution >= 0.6 is 0 Å². The zero-order valence-corrected chi connectivity index (χ0v) is 15.4. The number of nitrogens with one attached hydrogen (secondary N) is 2. The minimum absolute atomic E-state index is 0.0555. The maximum atomic E-state index is 12.2. The number of alkyl halides is 5. The van der Waals surface area contributed by atoms with Crippen LogP contribution in [-0.2, 0) is 21.2 Å². The zero-order valence-electron chi connectivity index (χ0n) is 14.5. The SMILES string of the molecule is O=C(Cc1ccc(OC(F)F)cc1)Nc1ccc(S(=O)(=O)NCC(F)(F)F)cc1. The fraction of sp³-hybridized carbons (Fsp3) is 0.235. The molecule has 1 amide bonds. The van der Waals surface area contributed by atoms with E-state index < -0.39 is 40.2 Å². The van der Waals surface area contributed by atoms with Crippen LogP contribution in [0, 0.1) is 0 Å². The van der Waals surface area contributed by atoms with Gasteiger partial charge in [-0.3, -0.25) is 4.79 Å². The molecule has 0 atom stereocenters. The maximum Gasteiger partial charge on any atom is 0.402 e. The normalized spacial score (nSPS) is 12.1. The van der Waals surface area contributed by atoms with Gasteiger partial charge in [0.15, 0.2) is 0 Å². The van der Waals surface area contributed by atoms with Crippen molar-refractivity contribution in [1.82, 2.24) is 4.72 Å². The minimum atomic E-state index is -4.69. The Bertz CT molecular complexity index is 930. The van der Waals surface area contributed by atoms with Crippen LogP contribution < -0.4 is 14.8 Å². The summed E-state index contributed by atoms with van der Waals surface area (Å²) in [7, 11) is -4.35. The molecule has 0 aliphatic heterocycles. The number of hydrogen-bond donors (Lipinski definition) is 2. The van der Waals surface area contributed by atoms with Gasteiger partial charge in [0.2, 0.25) is 15.9 Å². The molecule has 2 aromatic rings. The lowest BCUT2D eigenvalue weighted by Crippen LogP contribution is -2.33. The summed E-state index contributed by atoms with van der Waals surface area (Å²) in [6.07, 6.45) is -4.78. The average molecular weight is 438 g/mol. The van der Waals surface area contributed by atoms with Crippen molar-refractivity contribution in [3.63, 3.8) is 0 Å². The number of ether oxygens (including phenoxy) is 1. The highest BCUT2D eigenvalue weighted by atomic mass is 32.2. The Morgan fingerprint density at radius 3 is 2.10 bits per heavy atom. The summed E-state index contributed by atoms with van der Waals surface area (Å²) < 4.78 is 89.8. The molecule has 0 radical (unpaired) electrons. The van der Waals surface area contributed by atoms with E-state index in [1.165, 1.54) is 41.1 Å². The first-order chi connectivity index (χ1) is 13.4. The van der Waals surface area contributed by atoms with E-state index in [-0.39, 0.29) is 17.9 Å². The van der Waals surface area contributed by atoms with Crippen molar-refractivity contribution >= 4 is 21.6 Å². The number of carbonyl (C=O) groups is 1. The van der Waals surface area contributed by atoms with Crippen LogP contribution in [0.2, 0.25) is 0 Å². The molecule has 12 heteroatoms. The first-order valence-electron chi connectivity index (χ1n) is 7.95. The van der Waals surface area contributed by atoms with E-state index in [0.29, 0.717) is 5.56 Å². The quantitative estimate of drug-likeness (QED) is 0.620. The van der Waals surface area contributed by atoms with Gasteiger partial charge in [0.1, 0.15) is 12.3 Å². The van der Waals surface area contributed by atoms with Gasteiger partial charge >= 0.3 is 12.8 Å². The van der Waals surface area contributed by atoms with Gasteiger partial charge in [-0.25, -0.2) is 13.1 Å². The number of rotatable bonds is 8. The molecular weight excluding hydrogens is 423 g/mol. The number of halogens is 5. The molecule has 0 saturated carbocycles. The van der Waals surface area contributed by atoms with E-state index in [4.69, 9.17) is 0 Å². The van der Waals surface area contributed by atoms with Crippen molar-refractivity contribution < 1.29 is 39.9 Å². The second kappa shape index (κ2) is 9.18. The molecule has 0 aromatic heterocycles. The molecule has 0 saturated heterocycles. The van der Waals surface area contributed by atoms with Crippen LogP contribution in [-0.4, -0.2) is 33.7 Å². The molecule has 158 valence electrons. The number of benzene rings is 2. The predicted octanol–water partition coefficient (Wildman–Crippen LogP) is 3.31. The lowest BCUT2D eigenvalue weighted by atomic mass is 10.1. The summed E-state index contributed by atoms with van der Waals surface area (Å²) in [6, 6.07) is 9.96. The molecule has 6 nitrogen and oxygen atoms in total. The molecule has 0 aliphatic carbocycles. The van der Waals surface area contributed by atoms with Gasteiger partial charge in [-0.2, -0.15) is 22.0 Å². The molecule has 0 aliphatic rings. The highest BCUT2D eigenvalue weighted by molar-refractivity contribution is 7.89. The third-order valence-electron chi connectivity index (χ3n) is 3.42. The Morgan fingerprint density at radius 1 is 1.00 bits per heavy atom. The smallest absolute Gasteiger partial charge is 0.402 e. The van der Waals surface area contributed by atoms with Gasteiger partial charge in [0.05, 0.1) is 11.3 Å². The largest absolute Gasteiger partial charge is 0.435 e. The van der Waals surface area contributed by atoms with E-state index in [1.807, 2.05) is 0 Å². The molecule has 2 rings (SSSR count). The Kier molecular flexibility index (Phi) is 7.14. The third-order valence-corrected chi connectivity index (χ3v) is 4.84. The fourth-order valence-corrected chi connectivity index (χ4v) is 3.17. The summed E-state index contributed by atoms with van der Waals surface area (Å²) in [5, 5.41) is 2.49. The molecular formula is C17H15F5N2O4S. The van der Waals surface area contributed by atoms with E-state index in [0.717, 1.165) is 12.1 Å². The Morgan fingerprint density at radius 2 is 1.59 bits per heavy atom. The highest BCUT2D eigenvalue weighted by Gasteiger charge is 2.30. The number of carbonyl (C=O) groups excluding carboxylic acids is 1. The number of sulfonamides is 1. The molecule has 29 heavy (non-hydrogen) atoms. The van der Waals surface area contributed by atoms with Crippen LogP contribution in [0.3, 0.4) is 0 Å². The van der Waals surface area contributed by atoms with Crippen molar-refractivity contribution in [3.8, 4) is 5.75 Å². The van der Waals surface area contributed by atoms with Gasteiger partial charge in [-0.1, -0.05) is 12.1 Å². The van der Waals surface area contributed by atoms with Crippen molar-refractivity contribution in [3.05, 3.63) is 54.1 Å². The van der Waals surface area contributed by atoms with Crippen molar-refractivity contribution in [2.75, 3.05) is 11.9 Å². The topological polar surface area (TPSA) is 84.5 Å². The summed E-state index contributed by atoms with van der Waals surface area (Å²) in [6.45, 7) is -4.66. The highest BCUT2D eigenvalue weighted by Crippen LogP contribution is 2.18. The molecule has 2 N–H and O–H groups in total. The van der Waals surface area contributed by atoms with Crippen LogP contribution in [0.4, 0.5) is 27.6 Å². The Hall–Kier alpha value is -2.73. The number of amides is 1. The third kappa shape index (κ3) is 7.66. The first-order valence-corrected chi connectivity index (χ1v) is 9.43. The van der Waals surface area contributed by atoms with Gasteiger partial charge in [0.25, 0.3) is 0 Å². The number of hydrogen-bond acceptors (Lipinski definition) is 4. The second-order valence-corrected chi connectivity index (χ2v) is 7.48. The number of anilines is 1. The van der Waals surface area contributed by atoms with Crippen LogP contribution in [0.25, 0.3) is 0 Å². The first kappa shape index (κ1) is 22.6. The van der Waals surface area contributed by atoms with Crippen LogP contribution in [0.15, 0.2) is 53.4 Å². The summed E-state index contributed by atoms with van der Waals surface area (Å²) >= 11 is 0. The van der Waals surface area contributed by atoms with Crippen LogP contribution in [0.5, 0.6) is 5.75 Å². The second-order valence-electron chi connectivity index (χ2n) is 5.71. The van der Waals surface area contributed by atoms with Crippen molar-refractivity contribution in [2.45, 2.75) is 24.1 Å². The monoisotopic (exact) mass is 438 g/mol. The molecule has 0 bridgehead atoms. The van der Waals surface area contributed by atoms with Crippen molar-refractivity contribution in [1.29, 1.82) is 0 Å².